The summed E-state index contributed by atoms with van der Waals surface area (Å²) in [4.78, 5) is 6.56. The SMILES string of the molecule is C=CCN(CCOC)c1ncc(CNC(C)(C)C)cc1Cl. The van der Waals surface area contributed by atoms with Crippen LogP contribution in [0.3, 0.4) is 0 Å². The van der Waals surface area contributed by atoms with E-state index in [2.05, 4.69) is 42.6 Å². The number of hydrogen-bond acceptors (Lipinski definition) is 4. The van der Waals surface area contributed by atoms with Gasteiger partial charge in [-0.05, 0) is 32.4 Å². The monoisotopic (exact) mass is 311 g/mol. The van der Waals surface area contributed by atoms with Gasteiger partial charge in [-0.2, -0.15) is 0 Å². The lowest BCUT2D eigenvalue weighted by Gasteiger charge is -2.24. The van der Waals surface area contributed by atoms with Gasteiger partial charge in [0, 0.05) is 38.5 Å². The summed E-state index contributed by atoms with van der Waals surface area (Å²) in [6.07, 6.45) is 3.70. The number of ether oxygens (including phenoxy) is 1. The molecule has 0 amide bonds. The second-order valence-electron chi connectivity index (χ2n) is 5.98. The van der Waals surface area contributed by atoms with Gasteiger partial charge in [-0.3, -0.25) is 0 Å². The minimum Gasteiger partial charge on any atom is -0.383 e. The number of aromatic nitrogens is 1. The van der Waals surface area contributed by atoms with Crippen LogP contribution in [-0.4, -0.2) is 37.3 Å². The summed E-state index contributed by atoms with van der Waals surface area (Å²) in [5, 5.41) is 4.08. The Morgan fingerprint density at radius 2 is 2.19 bits per heavy atom. The minimum atomic E-state index is 0.0679. The molecule has 5 heteroatoms. The lowest BCUT2D eigenvalue weighted by molar-refractivity contribution is 0.205. The predicted octanol–water partition coefficient (Wildman–Crippen LogP) is 3.26. The Kier molecular flexibility index (Phi) is 7.15. The fourth-order valence-electron chi connectivity index (χ4n) is 1.81. The first-order valence-electron chi connectivity index (χ1n) is 7.11. The van der Waals surface area contributed by atoms with Crippen LogP contribution in [0, 0.1) is 0 Å². The molecule has 21 heavy (non-hydrogen) atoms. The van der Waals surface area contributed by atoms with Crippen molar-refractivity contribution in [3.05, 3.63) is 35.5 Å². The number of nitrogens with zero attached hydrogens (tertiary/aromatic N) is 2. The number of nitrogens with one attached hydrogen (secondary N) is 1. The first-order valence-corrected chi connectivity index (χ1v) is 7.49. The van der Waals surface area contributed by atoms with Gasteiger partial charge >= 0.3 is 0 Å². The second-order valence-corrected chi connectivity index (χ2v) is 6.39. The van der Waals surface area contributed by atoms with E-state index in [1.165, 1.54) is 0 Å². The van der Waals surface area contributed by atoms with E-state index in [1.807, 2.05) is 18.3 Å². The van der Waals surface area contributed by atoms with E-state index in [4.69, 9.17) is 16.3 Å². The maximum absolute atomic E-state index is 6.38. The summed E-state index contributed by atoms with van der Waals surface area (Å²) >= 11 is 6.38. The Labute approximate surface area is 133 Å². The number of methoxy groups -OCH3 is 1. The average Bonchev–Trinajstić information content (AvgIpc) is 2.41. The molecule has 0 radical (unpaired) electrons. The zero-order valence-electron chi connectivity index (χ0n) is 13.4. The molecule has 1 N–H and O–H groups in total. The molecule has 118 valence electrons. The van der Waals surface area contributed by atoms with Gasteiger partial charge in [0.05, 0.1) is 11.6 Å². The molecule has 4 nitrogen and oxygen atoms in total. The van der Waals surface area contributed by atoms with Crippen LogP contribution >= 0.6 is 11.6 Å². The summed E-state index contributed by atoms with van der Waals surface area (Å²) in [5.74, 6) is 0.771. The normalized spacial score (nSPS) is 11.5. The highest BCUT2D eigenvalue weighted by molar-refractivity contribution is 6.33. The molecule has 0 aliphatic heterocycles. The van der Waals surface area contributed by atoms with Crippen molar-refractivity contribution in [3.8, 4) is 0 Å². The van der Waals surface area contributed by atoms with E-state index < -0.39 is 0 Å². The smallest absolute Gasteiger partial charge is 0.147 e. The summed E-state index contributed by atoms with van der Waals surface area (Å²) in [5.41, 5.74) is 1.14. The van der Waals surface area contributed by atoms with Crippen LogP contribution in [0.15, 0.2) is 24.9 Å². The number of hydrogen-bond donors (Lipinski definition) is 1. The Morgan fingerprint density at radius 3 is 2.71 bits per heavy atom. The van der Waals surface area contributed by atoms with Crippen LogP contribution < -0.4 is 10.2 Å². The maximum atomic E-state index is 6.38. The Balaban J connectivity index is 2.81. The van der Waals surface area contributed by atoms with Crippen LogP contribution in [0.4, 0.5) is 5.82 Å². The molecule has 0 aliphatic rings. The second kappa shape index (κ2) is 8.37. The Bertz CT molecular complexity index is 457. The van der Waals surface area contributed by atoms with Crippen molar-refractivity contribution in [2.75, 3.05) is 31.7 Å². The molecule has 0 unspecified atom stereocenters. The molecule has 1 aromatic heterocycles. The van der Waals surface area contributed by atoms with Crippen molar-refractivity contribution in [3.63, 3.8) is 0 Å². The van der Waals surface area contributed by atoms with E-state index >= 15 is 0 Å². The number of rotatable bonds is 8. The molecule has 0 aromatic carbocycles. The number of halogens is 1. The van der Waals surface area contributed by atoms with E-state index in [-0.39, 0.29) is 5.54 Å². The van der Waals surface area contributed by atoms with Gasteiger partial charge < -0.3 is 15.0 Å². The van der Waals surface area contributed by atoms with Crippen molar-refractivity contribution in [2.24, 2.45) is 0 Å². The topological polar surface area (TPSA) is 37.4 Å². The Morgan fingerprint density at radius 1 is 1.48 bits per heavy atom. The zero-order chi connectivity index (χ0) is 15.9. The van der Waals surface area contributed by atoms with Gasteiger partial charge in [0.2, 0.25) is 0 Å². The molecule has 0 aliphatic carbocycles. The van der Waals surface area contributed by atoms with Crippen molar-refractivity contribution >= 4 is 17.4 Å². The Hall–Kier alpha value is -1.10. The van der Waals surface area contributed by atoms with E-state index in [9.17, 15) is 0 Å². The van der Waals surface area contributed by atoms with Crippen molar-refractivity contribution < 1.29 is 4.74 Å². The summed E-state index contributed by atoms with van der Waals surface area (Å²) < 4.78 is 5.12. The third kappa shape index (κ3) is 6.46. The first kappa shape index (κ1) is 18.0. The van der Waals surface area contributed by atoms with Gasteiger partial charge in [0.25, 0.3) is 0 Å². The van der Waals surface area contributed by atoms with Gasteiger partial charge in [-0.1, -0.05) is 17.7 Å². The first-order chi connectivity index (χ1) is 9.87. The molecular formula is C16H26ClN3O. The van der Waals surface area contributed by atoms with Crippen LogP contribution in [-0.2, 0) is 11.3 Å². The predicted molar refractivity (Wildman–Crippen MR) is 90.1 cm³/mol. The van der Waals surface area contributed by atoms with Crippen LogP contribution in [0.5, 0.6) is 0 Å². The lowest BCUT2D eigenvalue weighted by atomic mass is 10.1. The van der Waals surface area contributed by atoms with Crippen LogP contribution in [0.1, 0.15) is 26.3 Å². The molecule has 1 aromatic rings. The molecule has 0 atom stereocenters. The van der Waals surface area contributed by atoms with Gasteiger partial charge in [-0.25, -0.2) is 4.98 Å². The maximum Gasteiger partial charge on any atom is 0.147 e. The minimum absolute atomic E-state index is 0.0679. The van der Waals surface area contributed by atoms with Gasteiger partial charge in [0.1, 0.15) is 5.82 Å². The van der Waals surface area contributed by atoms with Crippen molar-refractivity contribution in [1.29, 1.82) is 0 Å². The molecule has 0 saturated carbocycles. The summed E-state index contributed by atoms with van der Waals surface area (Å²) in [6, 6.07) is 1.96. The lowest BCUT2D eigenvalue weighted by Crippen LogP contribution is -2.35. The van der Waals surface area contributed by atoms with E-state index in [0.717, 1.165) is 24.5 Å². The summed E-state index contributed by atoms with van der Waals surface area (Å²) in [6.45, 7) is 13.0. The molecular weight excluding hydrogens is 286 g/mol. The van der Waals surface area contributed by atoms with E-state index in [0.29, 0.717) is 18.2 Å². The van der Waals surface area contributed by atoms with Crippen molar-refractivity contribution in [1.82, 2.24) is 10.3 Å². The fourth-order valence-corrected chi connectivity index (χ4v) is 2.12. The third-order valence-electron chi connectivity index (χ3n) is 2.92. The van der Waals surface area contributed by atoms with Crippen molar-refractivity contribution in [2.45, 2.75) is 32.9 Å². The molecule has 0 spiro atoms. The molecule has 0 fully saturated rings. The fraction of sp³-hybridized carbons (Fsp3) is 0.562. The molecule has 0 bridgehead atoms. The zero-order valence-corrected chi connectivity index (χ0v) is 14.2. The van der Waals surface area contributed by atoms with Gasteiger partial charge in [0.15, 0.2) is 0 Å². The summed E-state index contributed by atoms with van der Waals surface area (Å²) in [7, 11) is 1.68. The number of anilines is 1. The third-order valence-corrected chi connectivity index (χ3v) is 3.19. The average molecular weight is 312 g/mol. The highest BCUT2D eigenvalue weighted by Gasteiger charge is 2.13. The quantitative estimate of drug-likeness (QED) is 0.748. The van der Waals surface area contributed by atoms with Gasteiger partial charge in [-0.15, -0.1) is 6.58 Å². The highest BCUT2D eigenvalue weighted by Crippen LogP contribution is 2.24. The highest BCUT2D eigenvalue weighted by atomic mass is 35.5. The number of pyridine rings is 1. The largest absolute Gasteiger partial charge is 0.383 e. The molecule has 1 rings (SSSR count). The van der Waals surface area contributed by atoms with E-state index in [1.54, 1.807) is 7.11 Å². The van der Waals surface area contributed by atoms with Crippen LogP contribution in [0.25, 0.3) is 0 Å². The molecule has 0 saturated heterocycles. The molecule has 1 heterocycles. The standard InChI is InChI=1S/C16H26ClN3O/c1-6-7-20(8-9-21-5)15-14(17)10-13(11-18-15)12-19-16(2,3)4/h6,10-11,19H,1,7-9,12H2,2-5H3. The van der Waals surface area contributed by atoms with Crippen LogP contribution in [0.2, 0.25) is 5.02 Å².